The van der Waals surface area contributed by atoms with Crippen LogP contribution in [0.1, 0.15) is 5.56 Å². The number of benzene rings is 3. The molecule has 0 atom stereocenters. The Kier molecular flexibility index (Phi) is 4.93. The number of hydrogen-bond donors (Lipinski definition) is 1. The van der Waals surface area contributed by atoms with Crippen LogP contribution in [0, 0.1) is 11.6 Å². The van der Waals surface area contributed by atoms with Crippen molar-refractivity contribution in [2.24, 2.45) is 0 Å². The molecule has 1 aromatic heterocycles. The molecule has 0 spiro atoms. The van der Waals surface area contributed by atoms with Crippen molar-refractivity contribution in [2.45, 2.75) is 11.4 Å². The predicted octanol–water partition coefficient (Wildman–Crippen LogP) is 4.19. The van der Waals surface area contributed by atoms with Gasteiger partial charge in [0.15, 0.2) is 0 Å². The van der Waals surface area contributed by atoms with Crippen LogP contribution >= 0.6 is 11.3 Å². The number of hydrogen-bond acceptors (Lipinski definition) is 4. The maximum Gasteiger partial charge on any atom is 0.308 e. The molecule has 0 aliphatic carbocycles. The van der Waals surface area contributed by atoms with Crippen LogP contribution in [0.5, 0.6) is 0 Å². The van der Waals surface area contributed by atoms with Crippen LogP contribution in [0.2, 0.25) is 0 Å². The highest BCUT2D eigenvalue weighted by Crippen LogP contribution is 2.26. The number of nitrogens with one attached hydrogen (secondary N) is 1. The summed E-state index contributed by atoms with van der Waals surface area (Å²) in [5, 5.41) is 0. The van der Waals surface area contributed by atoms with Crippen LogP contribution in [0.3, 0.4) is 0 Å². The minimum absolute atomic E-state index is 0.194. The number of aromatic nitrogens is 1. The van der Waals surface area contributed by atoms with E-state index in [0.29, 0.717) is 16.8 Å². The van der Waals surface area contributed by atoms with Gasteiger partial charge in [-0.05, 0) is 35.9 Å². The van der Waals surface area contributed by atoms with E-state index in [1.807, 2.05) is 35.1 Å². The lowest BCUT2D eigenvalue weighted by Gasteiger charge is -2.10. The van der Waals surface area contributed by atoms with E-state index < -0.39 is 27.3 Å². The summed E-state index contributed by atoms with van der Waals surface area (Å²) in [5.41, 5.74) is 0.769. The van der Waals surface area contributed by atoms with Gasteiger partial charge in [-0.15, -0.1) is 0 Å². The first-order valence-corrected chi connectivity index (χ1v) is 10.8. The van der Waals surface area contributed by atoms with E-state index in [2.05, 4.69) is 0 Å². The molecule has 4 rings (SSSR count). The van der Waals surface area contributed by atoms with Gasteiger partial charge in [-0.1, -0.05) is 47.7 Å². The molecule has 1 heterocycles. The van der Waals surface area contributed by atoms with Crippen molar-refractivity contribution in [1.29, 1.82) is 0 Å². The highest BCUT2D eigenvalue weighted by atomic mass is 32.2. The smallest absolute Gasteiger partial charge is 0.294 e. The van der Waals surface area contributed by atoms with Crippen LogP contribution in [0.25, 0.3) is 10.2 Å². The third kappa shape index (κ3) is 3.79. The standard InChI is InChI=1S/C20H14F2N2O3S2/c21-15-7-4-8-16(22)19(15)23-29(26,27)14-9-10-17-18(11-14)28-20(25)24(17)12-13-5-2-1-3-6-13/h1-11,23H,12H2. The van der Waals surface area contributed by atoms with E-state index in [9.17, 15) is 22.0 Å². The van der Waals surface area contributed by atoms with E-state index >= 15 is 0 Å². The SMILES string of the molecule is O=c1sc2cc(S(=O)(=O)Nc3c(F)cccc3F)ccc2n1Cc1ccccc1. The lowest BCUT2D eigenvalue weighted by Crippen LogP contribution is -2.15. The maximum atomic E-state index is 13.8. The summed E-state index contributed by atoms with van der Waals surface area (Å²) in [6.45, 7) is 0.352. The third-order valence-corrected chi connectivity index (χ3v) is 6.62. The fraction of sp³-hybridized carbons (Fsp3) is 0.0500. The lowest BCUT2D eigenvalue weighted by atomic mass is 10.2. The van der Waals surface area contributed by atoms with E-state index in [0.717, 1.165) is 35.1 Å². The molecule has 148 valence electrons. The fourth-order valence-electron chi connectivity index (χ4n) is 2.92. The fourth-order valence-corrected chi connectivity index (χ4v) is 5.02. The number of fused-ring (bicyclic) bond motifs is 1. The zero-order valence-electron chi connectivity index (χ0n) is 14.8. The average molecular weight is 432 g/mol. The highest BCUT2D eigenvalue weighted by Gasteiger charge is 2.20. The zero-order valence-corrected chi connectivity index (χ0v) is 16.4. The average Bonchev–Trinajstić information content (AvgIpc) is 3.00. The number of anilines is 1. The minimum Gasteiger partial charge on any atom is -0.294 e. The van der Waals surface area contributed by atoms with Gasteiger partial charge in [0.1, 0.15) is 17.3 Å². The molecule has 1 N–H and O–H groups in total. The van der Waals surface area contributed by atoms with Crippen molar-refractivity contribution < 1.29 is 17.2 Å². The zero-order chi connectivity index (χ0) is 20.6. The van der Waals surface area contributed by atoms with Crippen LogP contribution in [-0.2, 0) is 16.6 Å². The van der Waals surface area contributed by atoms with Crippen LogP contribution in [0.15, 0.2) is 76.4 Å². The minimum atomic E-state index is -4.25. The number of rotatable bonds is 5. The molecule has 0 amide bonds. The summed E-state index contributed by atoms with van der Waals surface area (Å²) in [5.74, 6) is -2.04. The Balaban J connectivity index is 1.72. The Bertz CT molecular complexity index is 1340. The first-order valence-electron chi connectivity index (χ1n) is 8.49. The Labute approximate surface area is 168 Å². The Morgan fingerprint density at radius 3 is 2.31 bits per heavy atom. The molecule has 3 aromatic carbocycles. The van der Waals surface area contributed by atoms with Gasteiger partial charge in [0.25, 0.3) is 10.0 Å². The van der Waals surface area contributed by atoms with Crippen LogP contribution < -0.4 is 9.60 Å². The van der Waals surface area contributed by atoms with Crippen LogP contribution in [-0.4, -0.2) is 13.0 Å². The van der Waals surface area contributed by atoms with Crippen LogP contribution in [0.4, 0.5) is 14.5 Å². The molecular formula is C20H14F2N2O3S2. The molecule has 0 aliphatic rings. The van der Waals surface area contributed by atoms with Gasteiger partial charge in [-0.3, -0.25) is 14.1 Å². The van der Waals surface area contributed by atoms with Crippen molar-refractivity contribution in [3.63, 3.8) is 0 Å². The summed E-state index contributed by atoms with van der Waals surface area (Å²) in [7, 11) is -4.25. The second kappa shape index (κ2) is 7.41. The lowest BCUT2D eigenvalue weighted by molar-refractivity contribution is 0.583. The number of halogens is 2. The summed E-state index contributed by atoms with van der Waals surface area (Å²) in [6.07, 6.45) is 0. The molecule has 9 heteroatoms. The largest absolute Gasteiger partial charge is 0.308 e. The second-order valence-corrected chi connectivity index (χ2v) is 8.95. The van der Waals surface area contributed by atoms with E-state index in [4.69, 9.17) is 0 Å². The number of nitrogens with zero attached hydrogens (tertiary/aromatic N) is 1. The molecule has 0 radical (unpaired) electrons. The van der Waals surface area contributed by atoms with Gasteiger partial charge >= 0.3 is 4.87 Å². The molecule has 29 heavy (non-hydrogen) atoms. The number of thiazole rings is 1. The Morgan fingerprint density at radius 2 is 1.62 bits per heavy atom. The molecule has 0 unspecified atom stereocenters. The Morgan fingerprint density at radius 1 is 0.931 bits per heavy atom. The van der Waals surface area contributed by atoms with Crippen molar-refractivity contribution in [1.82, 2.24) is 4.57 Å². The topological polar surface area (TPSA) is 68.2 Å². The molecular weight excluding hydrogens is 418 g/mol. The van der Waals surface area contributed by atoms with Crippen molar-refractivity contribution in [2.75, 3.05) is 4.72 Å². The first-order chi connectivity index (χ1) is 13.8. The number of para-hydroxylation sites is 1. The van der Waals surface area contributed by atoms with Gasteiger partial charge in [0.05, 0.1) is 21.7 Å². The molecule has 0 aliphatic heterocycles. The van der Waals surface area contributed by atoms with Crippen molar-refractivity contribution >= 4 is 37.3 Å². The molecule has 0 saturated heterocycles. The summed E-state index contributed by atoms with van der Waals surface area (Å²) in [4.78, 5) is 12.0. The number of sulfonamides is 1. The van der Waals surface area contributed by atoms with Gasteiger partial charge in [-0.2, -0.15) is 0 Å². The summed E-state index contributed by atoms with van der Waals surface area (Å²) >= 11 is 0.908. The molecule has 4 aromatic rings. The third-order valence-electron chi connectivity index (χ3n) is 4.33. The second-order valence-electron chi connectivity index (χ2n) is 6.27. The summed E-state index contributed by atoms with van der Waals surface area (Å²) in [6, 6.07) is 16.6. The normalized spacial score (nSPS) is 11.7. The molecule has 0 fully saturated rings. The summed E-state index contributed by atoms with van der Waals surface area (Å²) < 4.78 is 56.8. The van der Waals surface area contributed by atoms with Crippen molar-refractivity contribution in [3.05, 3.63) is 93.6 Å². The first kappa shape index (κ1) is 19.3. The van der Waals surface area contributed by atoms with E-state index in [1.54, 1.807) is 4.57 Å². The molecule has 0 bridgehead atoms. The van der Waals surface area contributed by atoms with E-state index in [-0.39, 0.29) is 9.77 Å². The van der Waals surface area contributed by atoms with Gasteiger partial charge in [0.2, 0.25) is 0 Å². The van der Waals surface area contributed by atoms with Gasteiger partial charge in [-0.25, -0.2) is 17.2 Å². The van der Waals surface area contributed by atoms with Gasteiger partial charge in [0, 0.05) is 0 Å². The van der Waals surface area contributed by atoms with Gasteiger partial charge < -0.3 is 0 Å². The van der Waals surface area contributed by atoms with E-state index in [1.165, 1.54) is 18.2 Å². The predicted molar refractivity (Wildman–Crippen MR) is 109 cm³/mol. The molecule has 5 nitrogen and oxygen atoms in total. The van der Waals surface area contributed by atoms with Crippen molar-refractivity contribution in [3.8, 4) is 0 Å². The quantitative estimate of drug-likeness (QED) is 0.514. The highest BCUT2D eigenvalue weighted by molar-refractivity contribution is 7.92. The Hall–Kier alpha value is -3.04. The maximum absolute atomic E-state index is 13.8. The monoisotopic (exact) mass is 432 g/mol. The molecule has 0 saturated carbocycles.